The molecule has 2 rings (SSSR count). The van der Waals surface area contributed by atoms with Crippen molar-refractivity contribution in [2.24, 2.45) is 7.05 Å². The Morgan fingerprint density at radius 3 is 2.17 bits per heavy atom. The molecule has 0 bridgehead atoms. The van der Waals surface area contributed by atoms with E-state index < -0.39 is 0 Å². The number of benzene rings is 1. The quantitative estimate of drug-likeness (QED) is 0.156. The van der Waals surface area contributed by atoms with Gasteiger partial charge in [0.15, 0.2) is 5.75 Å². The van der Waals surface area contributed by atoms with Gasteiger partial charge in [-0.15, -0.1) is 0 Å². The van der Waals surface area contributed by atoms with Crippen LogP contribution in [-0.2, 0) is 7.05 Å². The predicted molar refractivity (Wildman–Crippen MR) is 155 cm³/mol. The Balaban J connectivity index is 2.16. The highest BCUT2D eigenvalue weighted by Crippen LogP contribution is 2.34. The van der Waals surface area contributed by atoms with E-state index in [-0.39, 0.29) is 5.56 Å². The van der Waals surface area contributed by atoms with Crippen LogP contribution in [-0.4, -0.2) is 24.3 Å². The van der Waals surface area contributed by atoms with Gasteiger partial charge >= 0.3 is 0 Å². The summed E-state index contributed by atoms with van der Waals surface area (Å²) in [6.45, 7) is 10.4. The maximum absolute atomic E-state index is 13.3. The minimum Gasteiger partial charge on any atom is -0.485 e. The van der Waals surface area contributed by atoms with Crippen molar-refractivity contribution in [3.05, 3.63) is 40.2 Å². The van der Waals surface area contributed by atoms with E-state index in [1.165, 1.54) is 63.4 Å². The minimum absolute atomic E-state index is 0.145. The van der Waals surface area contributed by atoms with Gasteiger partial charge in [-0.2, -0.15) is 0 Å². The second-order valence-corrected chi connectivity index (χ2v) is 10.2. The summed E-state index contributed by atoms with van der Waals surface area (Å²) in [5, 5.41) is 4.44. The third kappa shape index (κ3) is 9.91. The molecule has 1 N–H and O–H groups in total. The number of pyridine rings is 1. The van der Waals surface area contributed by atoms with Crippen LogP contribution in [0.2, 0.25) is 0 Å². The monoisotopic (exact) mass is 498 g/mol. The first-order chi connectivity index (χ1) is 17.5. The number of ether oxygens (including phenoxy) is 2. The van der Waals surface area contributed by atoms with E-state index in [1.807, 2.05) is 33.0 Å². The van der Waals surface area contributed by atoms with Crippen molar-refractivity contribution in [1.29, 1.82) is 0 Å². The standard InChI is InChI=1S/C31H50N2O3/c1-6-8-10-12-14-16-21-32-26-18-19-27-28(24-26)33(5)31(34)30(29(27)36-23-20-25(3)4)35-22-17-15-13-11-9-7-2/h18-20,24,32H,6-17,21-23H2,1-5H3. The van der Waals surface area contributed by atoms with Gasteiger partial charge in [0.2, 0.25) is 5.75 Å². The minimum atomic E-state index is -0.145. The zero-order valence-corrected chi connectivity index (χ0v) is 23.6. The summed E-state index contributed by atoms with van der Waals surface area (Å²) in [7, 11) is 1.82. The van der Waals surface area contributed by atoms with Crippen molar-refractivity contribution in [2.45, 2.75) is 105 Å². The molecular weight excluding hydrogens is 448 g/mol. The molecule has 36 heavy (non-hydrogen) atoms. The van der Waals surface area contributed by atoms with Gasteiger partial charge in [-0.25, -0.2) is 0 Å². The smallest absolute Gasteiger partial charge is 0.297 e. The lowest BCUT2D eigenvalue weighted by atomic mass is 10.1. The first-order valence-corrected chi connectivity index (χ1v) is 14.3. The molecule has 0 aliphatic rings. The summed E-state index contributed by atoms with van der Waals surface area (Å²) in [6, 6.07) is 6.18. The van der Waals surface area contributed by atoms with Crippen molar-refractivity contribution in [3.8, 4) is 11.5 Å². The van der Waals surface area contributed by atoms with Crippen LogP contribution in [0.4, 0.5) is 5.69 Å². The summed E-state index contributed by atoms with van der Waals surface area (Å²) >= 11 is 0. The van der Waals surface area contributed by atoms with Crippen LogP contribution >= 0.6 is 0 Å². The lowest BCUT2D eigenvalue weighted by molar-refractivity contribution is 0.272. The maximum Gasteiger partial charge on any atom is 0.297 e. The molecule has 0 spiro atoms. The van der Waals surface area contributed by atoms with Crippen LogP contribution in [0.25, 0.3) is 10.9 Å². The molecule has 5 heteroatoms. The number of allylic oxidation sites excluding steroid dienone is 1. The van der Waals surface area contributed by atoms with Crippen molar-refractivity contribution in [3.63, 3.8) is 0 Å². The number of hydrogen-bond donors (Lipinski definition) is 1. The molecule has 0 fully saturated rings. The molecule has 0 atom stereocenters. The van der Waals surface area contributed by atoms with Gasteiger partial charge in [0.05, 0.1) is 12.1 Å². The molecule has 0 aliphatic heterocycles. The number of aromatic nitrogens is 1. The summed E-state index contributed by atoms with van der Waals surface area (Å²) < 4.78 is 13.9. The van der Waals surface area contributed by atoms with Gasteiger partial charge in [0.25, 0.3) is 5.56 Å². The van der Waals surface area contributed by atoms with Gasteiger partial charge in [-0.05, 0) is 51.0 Å². The summed E-state index contributed by atoms with van der Waals surface area (Å²) in [5.41, 5.74) is 2.92. The molecule has 0 saturated carbocycles. The van der Waals surface area contributed by atoms with Crippen LogP contribution in [0.15, 0.2) is 34.6 Å². The zero-order valence-electron chi connectivity index (χ0n) is 23.6. The summed E-state index contributed by atoms with van der Waals surface area (Å²) in [4.78, 5) is 13.3. The molecule has 1 aromatic heterocycles. The number of unbranched alkanes of at least 4 members (excludes halogenated alkanes) is 10. The van der Waals surface area contributed by atoms with Crippen molar-refractivity contribution in [2.75, 3.05) is 25.1 Å². The zero-order chi connectivity index (χ0) is 26.2. The Labute approximate surface area is 219 Å². The van der Waals surface area contributed by atoms with Gasteiger partial charge in [-0.1, -0.05) is 83.6 Å². The van der Waals surface area contributed by atoms with E-state index in [4.69, 9.17) is 9.47 Å². The van der Waals surface area contributed by atoms with Crippen LogP contribution in [0.3, 0.4) is 0 Å². The van der Waals surface area contributed by atoms with Crippen molar-refractivity contribution in [1.82, 2.24) is 4.57 Å². The number of fused-ring (bicyclic) bond motifs is 1. The Hall–Kier alpha value is -2.43. The fourth-order valence-corrected chi connectivity index (χ4v) is 4.35. The van der Waals surface area contributed by atoms with E-state index in [0.29, 0.717) is 24.7 Å². The van der Waals surface area contributed by atoms with E-state index in [2.05, 4.69) is 31.3 Å². The van der Waals surface area contributed by atoms with Crippen LogP contribution in [0, 0.1) is 0 Å². The molecule has 5 nitrogen and oxygen atoms in total. The highest BCUT2D eigenvalue weighted by atomic mass is 16.5. The summed E-state index contributed by atoms with van der Waals surface area (Å²) in [6.07, 6.45) is 16.7. The van der Waals surface area contributed by atoms with E-state index in [9.17, 15) is 4.79 Å². The SMILES string of the molecule is CCCCCCCCNc1ccc2c(OCC=C(C)C)c(OCCCCCCCC)c(=O)n(C)c2c1. The van der Waals surface area contributed by atoms with Gasteiger partial charge in [-0.3, -0.25) is 4.79 Å². The average Bonchev–Trinajstić information content (AvgIpc) is 2.87. The Kier molecular flexibility index (Phi) is 14.2. The molecule has 1 heterocycles. The maximum atomic E-state index is 13.3. The van der Waals surface area contributed by atoms with Crippen LogP contribution in [0.1, 0.15) is 105 Å². The summed E-state index contributed by atoms with van der Waals surface area (Å²) in [5.74, 6) is 0.882. The Morgan fingerprint density at radius 1 is 0.861 bits per heavy atom. The number of nitrogens with zero attached hydrogens (tertiary/aromatic N) is 1. The predicted octanol–water partition coefficient (Wildman–Crippen LogP) is 8.40. The number of anilines is 1. The topological polar surface area (TPSA) is 52.5 Å². The second kappa shape index (κ2) is 17.1. The second-order valence-electron chi connectivity index (χ2n) is 10.2. The molecule has 202 valence electrons. The number of rotatable bonds is 19. The molecular formula is C31H50N2O3. The normalized spacial score (nSPS) is 11.0. The number of aryl methyl sites for hydroxylation is 1. The van der Waals surface area contributed by atoms with E-state index >= 15 is 0 Å². The molecule has 0 aliphatic carbocycles. The lowest BCUT2D eigenvalue weighted by Gasteiger charge is -2.17. The molecule has 2 aromatic rings. The molecule has 0 radical (unpaired) electrons. The van der Waals surface area contributed by atoms with Crippen molar-refractivity contribution < 1.29 is 9.47 Å². The number of hydrogen-bond acceptors (Lipinski definition) is 4. The average molecular weight is 499 g/mol. The highest BCUT2D eigenvalue weighted by Gasteiger charge is 2.18. The van der Waals surface area contributed by atoms with Gasteiger partial charge in [0.1, 0.15) is 6.61 Å². The molecule has 0 amide bonds. The first kappa shape index (κ1) is 29.8. The van der Waals surface area contributed by atoms with Gasteiger partial charge < -0.3 is 19.4 Å². The first-order valence-electron chi connectivity index (χ1n) is 14.3. The molecule has 0 unspecified atom stereocenters. The van der Waals surface area contributed by atoms with Crippen molar-refractivity contribution >= 4 is 16.6 Å². The molecule has 0 saturated heterocycles. The van der Waals surface area contributed by atoms with E-state index in [1.54, 1.807) is 4.57 Å². The fraction of sp³-hybridized carbons (Fsp3) is 0.645. The van der Waals surface area contributed by atoms with E-state index in [0.717, 1.165) is 42.4 Å². The third-order valence-electron chi connectivity index (χ3n) is 6.63. The van der Waals surface area contributed by atoms with Gasteiger partial charge in [0, 0.05) is 24.7 Å². The largest absolute Gasteiger partial charge is 0.485 e. The highest BCUT2D eigenvalue weighted by molar-refractivity contribution is 5.90. The number of nitrogens with one attached hydrogen (secondary N) is 1. The Morgan fingerprint density at radius 2 is 1.50 bits per heavy atom. The molecule has 1 aromatic carbocycles. The Bertz CT molecular complexity index is 989. The third-order valence-corrected chi connectivity index (χ3v) is 6.63. The van der Waals surface area contributed by atoms with Crippen LogP contribution in [0.5, 0.6) is 11.5 Å². The lowest BCUT2D eigenvalue weighted by Crippen LogP contribution is -2.21. The fourth-order valence-electron chi connectivity index (χ4n) is 4.35. The van der Waals surface area contributed by atoms with Crippen LogP contribution < -0.4 is 20.3 Å².